The highest BCUT2D eigenvalue weighted by atomic mass is 35.5. The second-order valence-electron chi connectivity index (χ2n) is 3.84. The van der Waals surface area contributed by atoms with Crippen molar-refractivity contribution in [3.8, 4) is 0 Å². The lowest BCUT2D eigenvalue weighted by molar-refractivity contribution is 0.0527. The van der Waals surface area contributed by atoms with Gasteiger partial charge in [0.15, 0.2) is 0 Å². The second kappa shape index (κ2) is 6.29. The van der Waals surface area contributed by atoms with Crippen molar-refractivity contribution in [1.82, 2.24) is 0 Å². The number of carbonyl (C=O) groups excluding carboxylic acids is 1. The second-order valence-corrected chi connectivity index (χ2v) is 4.28. The molecule has 0 aliphatic carbocycles. The van der Waals surface area contributed by atoms with Crippen molar-refractivity contribution < 1.29 is 13.9 Å². The smallest absolute Gasteiger partial charge is 0.340 e. The number of halogens is 1. The minimum absolute atomic E-state index is 0.332. The highest BCUT2D eigenvalue weighted by Crippen LogP contribution is 2.22. The van der Waals surface area contributed by atoms with Gasteiger partial charge in [0, 0.05) is 5.02 Å². The largest absolute Gasteiger partial charge is 0.467 e. The number of nitrogens with one attached hydrogen (secondary N) is 1. The number of furan rings is 1. The summed E-state index contributed by atoms with van der Waals surface area (Å²) in [6.45, 7) is 2.57. The fourth-order valence-corrected chi connectivity index (χ4v) is 1.82. The van der Waals surface area contributed by atoms with E-state index < -0.39 is 0 Å². The van der Waals surface area contributed by atoms with Crippen molar-refractivity contribution in [2.24, 2.45) is 0 Å². The highest BCUT2D eigenvalue weighted by Gasteiger charge is 2.13. The SMILES string of the molecule is CCOC(=O)c1ccc(Cl)cc1NCc1ccco1. The molecule has 0 fully saturated rings. The van der Waals surface area contributed by atoms with Crippen molar-refractivity contribution in [3.05, 3.63) is 52.9 Å². The molecule has 100 valence electrons. The summed E-state index contributed by atoms with van der Waals surface area (Å²) in [4.78, 5) is 11.8. The number of hydrogen-bond acceptors (Lipinski definition) is 4. The third kappa shape index (κ3) is 3.51. The number of ether oxygens (including phenoxy) is 1. The summed E-state index contributed by atoms with van der Waals surface area (Å²) in [6.07, 6.45) is 1.60. The number of anilines is 1. The van der Waals surface area contributed by atoms with Crippen LogP contribution in [-0.4, -0.2) is 12.6 Å². The Balaban J connectivity index is 2.17. The van der Waals surface area contributed by atoms with Crippen LogP contribution in [0.15, 0.2) is 41.0 Å². The molecule has 0 aliphatic heterocycles. The fraction of sp³-hybridized carbons (Fsp3) is 0.214. The molecule has 0 radical (unpaired) electrons. The lowest BCUT2D eigenvalue weighted by atomic mass is 10.1. The van der Waals surface area contributed by atoms with Crippen molar-refractivity contribution in [3.63, 3.8) is 0 Å². The number of carbonyl (C=O) groups is 1. The van der Waals surface area contributed by atoms with Crippen LogP contribution in [0, 0.1) is 0 Å². The molecule has 1 aromatic carbocycles. The normalized spacial score (nSPS) is 10.2. The predicted octanol–water partition coefficient (Wildman–Crippen LogP) is 3.72. The highest BCUT2D eigenvalue weighted by molar-refractivity contribution is 6.31. The first-order valence-electron chi connectivity index (χ1n) is 5.93. The van der Waals surface area contributed by atoms with Crippen molar-refractivity contribution in [2.45, 2.75) is 13.5 Å². The minimum atomic E-state index is -0.374. The molecule has 0 aliphatic rings. The molecular weight excluding hydrogens is 266 g/mol. The molecule has 0 spiro atoms. The van der Waals surface area contributed by atoms with Gasteiger partial charge >= 0.3 is 5.97 Å². The molecule has 19 heavy (non-hydrogen) atoms. The third-order valence-electron chi connectivity index (χ3n) is 2.51. The molecule has 2 rings (SSSR count). The molecule has 0 atom stereocenters. The van der Waals surface area contributed by atoms with E-state index in [-0.39, 0.29) is 5.97 Å². The molecule has 1 heterocycles. The molecule has 2 aromatic rings. The number of hydrogen-bond donors (Lipinski definition) is 1. The van der Waals surface area contributed by atoms with Crippen molar-refractivity contribution in [1.29, 1.82) is 0 Å². The Bertz CT molecular complexity index is 552. The Labute approximate surface area is 116 Å². The van der Waals surface area contributed by atoms with Gasteiger partial charge in [0.25, 0.3) is 0 Å². The van der Waals surface area contributed by atoms with E-state index in [1.165, 1.54) is 0 Å². The van der Waals surface area contributed by atoms with Gasteiger partial charge < -0.3 is 14.5 Å². The summed E-state index contributed by atoms with van der Waals surface area (Å²) >= 11 is 5.94. The maximum Gasteiger partial charge on any atom is 0.340 e. The zero-order valence-corrected chi connectivity index (χ0v) is 11.2. The van der Waals surface area contributed by atoms with Gasteiger partial charge in [-0.25, -0.2) is 4.79 Å². The summed E-state index contributed by atoms with van der Waals surface area (Å²) in [5.41, 5.74) is 1.08. The summed E-state index contributed by atoms with van der Waals surface area (Å²) in [5.74, 6) is 0.399. The minimum Gasteiger partial charge on any atom is -0.467 e. The first-order valence-corrected chi connectivity index (χ1v) is 6.31. The van der Waals surface area contributed by atoms with Crippen molar-refractivity contribution >= 4 is 23.3 Å². The summed E-state index contributed by atoms with van der Waals surface area (Å²) in [7, 11) is 0. The molecular formula is C14H14ClNO3. The van der Waals surface area contributed by atoms with E-state index in [0.717, 1.165) is 5.76 Å². The molecule has 1 N–H and O–H groups in total. The Morgan fingerprint density at radius 2 is 2.26 bits per heavy atom. The first kappa shape index (κ1) is 13.5. The van der Waals surface area contributed by atoms with Crippen LogP contribution in [0.1, 0.15) is 23.0 Å². The zero-order chi connectivity index (χ0) is 13.7. The maximum atomic E-state index is 11.8. The zero-order valence-electron chi connectivity index (χ0n) is 10.5. The van der Waals surface area contributed by atoms with E-state index in [4.69, 9.17) is 20.8 Å². The Hall–Kier alpha value is -1.94. The van der Waals surface area contributed by atoms with Gasteiger partial charge in [-0.15, -0.1) is 0 Å². The van der Waals surface area contributed by atoms with Crippen LogP contribution >= 0.6 is 11.6 Å². The summed E-state index contributed by atoms with van der Waals surface area (Å²) in [6, 6.07) is 8.65. The van der Waals surface area contributed by atoms with Gasteiger partial charge in [-0.1, -0.05) is 11.6 Å². The molecule has 0 saturated heterocycles. The Kier molecular flexibility index (Phi) is 4.47. The van der Waals surface area contributed by atoms with Gasteiger partial charge in [0.2, 0.25) is 0 Å². The van der Waals surface area contributed by atoms with E-state index in [1.807, 2.05) is 6.07 Å². The Morgan fingerprint density at radius 1 is 1.42 bits per heavy atom. The number of benzene rings is 1. The van der Waals surface area contributed by atoms with Crippen LogP contribution in [0.4, 0.5) is 5.69 Å². The quantitative estimate of drug-likeness (QED) is 0.848. The molecule has 0 saturated carbocycles. The molecule has 0 amide bonds. The number of esters is 1. The molecule has 0 unspecified atom stereocenters. The molecule has 1 aromatic heterocycles. The standard InChI is InChI=1S/C14H14ClNO3/c1-2-18-14(17)12-6-5-10(15)8-13(12)16-9-11-4-3-7-19-11/h3-8,16H,2,9H2,1H3. The van der Waals surface area contributed by atoms with Gasteiger partial charge in [-0.05, 0) is 37.3 Å². The lowest BCUT2D eigenvalue weighted by Crippen LogP contribution is -2.09. The van der Waals surface area contributed by atoms with Crippen LogP contribution < -0.4 is 5.32 Å². The molecule has 4 nitrogen and oxygen atoms in total. The van der Waals surface area contributed by atoms with Crippen LogP contribution in [-0.2, 0) is 11.3 Å². The maximum absolute atomic E-state index is 11.8. The first-order chi connectivity index (χ1) is 9.20. The van der Waals surface area contributed by atoms with E-state index in [0.29, 0.717) is 29.4 Å². The lowest BCUT2D eigenvalue weighted by Gasteiger charge is -2.11. The van der Waals surface area contributed by atoms with Crippen molar-refractivity contribution in [2.75, 3.05) is 11.9 Å². The average molecular weight is 280 g/mol. The van der Waals surface area contributed by atoms with Gasteiger partial charge in [0.05, 0.1) is 30.7 Å². The van der Waals surface area contributed by atoms with Crippen LogP contribution in [0.2, 0.25) is 5.02 Å². The van der Waals surface area contributed by atoms with Crippen LogP contribution in [0.3, 0.4) is 0 Å². The summed E-state index contributed by atoms with van der Waals surface area (Å²) in [5, 5.41) is 3.67. The predicted molar refractivity (Wildman–Crippen MR) is 73.4 cm³/mol. The van der Waals surface area contributed by atoms with E-state index >= 15 is 0 Å². The van der Waals surface area contributed by atoms with Crippen LogP contribution in [0.25, 0.3) is 0 Å². The van der Waals surface area contributed by atoms with Gasteiger partial charge in [-0.2, -0.15) is 0 Å². The topological polar surface area (TPSA) is 51.5 Å². The third-order valence-corrected chi connectivity index (χ3v) is 2.75. The summed E-state index contributed by atoms with van der Waals surface area (Å²) < 4.78 is 10.2. The average Bonchev–Trinajstić information content (AvgIpc) is 2.89. The monoisotopic (exact) mass is 279 g/mol. The number of rotatable bonds is 5. The van der Waals surface area contributed by atoms with E-state index in [9.17, 15) is 4.79 Å². The van der Waals surface area contributed by atoms with E-state index in [1.54, 1.807) is 37.5 Å². The van der Waals surface area contributed by atoms with Gasteiger partial charge in [-0.3, -0.25) is 0 Å². The molecule has 5 heteroatoms. The molecule has 0 bridgehead atoms. The fourth-order valence-electron chi connectivity index (χ4n) is 1.65. The Morgan fingerprint density at radius 3 is 2.95 bits per heavy atom. The van der Waals surface area contributed by atoms with Gasteiger partial charge in [0.1, 0.15) is 5.76 Å². The van der Waals surface area contributed by atoms with Crippen LogP contribution in [0.5, 0.6) is 0 Å². The van der Waals surface area contributed by atoms with E-state index in [2.05, 4.69) is 5.32 Å².